The number of carbonyl (C=O) groups excluding carboxylic acids is 1. The minimum atomic E-state index is -3.94. The van der Waals surface area contributed by atoms with Crippen molar-refractivity contribution in [1.82, 2.24) is 4.72 Å². The highest BCUT2D eigenvalue weighted by molar-refractivity contribution is 7.90. The maximum absolute atomic E-state index is 13.5. The fraction of sp³-hybridized carbons (Fsp3) is 0.639. The van der Waals surface area contributed by atoms with Crippen LogP contribution in [0.2, 0.25) is 5.02 Å². The molecule has 1 aliphatic carbocycles. The summed E-state index contributed by atoms with van der Waals surface area (Å²) >= 11 is 6.36. The van der Waals surface area contributed by atoms with Gasteiger partial charge in [-0.2, -0.15) is 0 Å². The molecule has 12 heteroatoms. The second-order valence-electron chi connectivity index (χ2n) is 14.6. The molecule has 2 aromatic rings. The van der Waals surface area contributed by atoms with Gasteiger partial charge in [-0.05, 0) is 111 Å². The highest BCUT2D eigenvalue weighted by atomic mass is 35.5. The van der Waals surface area contributed by atoms with E-state index in [9.17, 15) is 18.3 Å². The van der Waals surface area contributed by atoms with Crippen LogP contribution >= 0.6 is 11.6 Å². The SMILES string of the molecule is C[C@@H]1[C@@H](C)CCC[C@H]([C@H]2OC[C@](N)(CO)CO2)[C@@H]2CC[C@H]2CN2CCCCc3cc(Cl)ccc3COc3ccc(cc32)C(=O)NS1(=O)=O. The lowest BCUT2D eigenvalue weighted by molar-refractivity contribution is -0.249. The van der Waals surface area contributed by atoms with Gasteiger partial charge in [-0.15, -0.1) is 0 Å². The van der Waals surface area contributed by atoms with E-state index in [1.165, 1.54) is 5.56 Å². The molecule has 1 saturated carbocycles. The molecule has 2 bridgehead atoms. The second kappa shape index (κ2) is 14.8. The van der Waals surface area contributed by atoms with E-state index in [2.05, 4.69) is 9.62 Å². The number of aryl methyl sites for hydroxylation is 1. The lowest BCUT2D eigenvalue weighted by atomic mass is 9.65. The number of anilines is 1. The van der Waals surface area contributed by atoms with Gasteiger partial charge in [0.15, 0.2) is 6.29 Å². The van der Waals surface area contributed by atoms with Crippen LogP contribution in [0.5, 0.6) is 5.75 Å². The molecule has 0 unspecified atom stereocenters. The van der Waals surface area contributed by atoms with Gasteiger partial charge in [0.25, 0.3) is 5.91 Å². The number of benzene rings is 2. The van der Waals surface area contributed by atoms with E-state index < -0.39 is 33.0 Å². The van der Waals surface area contributed by atoms with Crippen molar-refractivity contribution in [3.63, 3.8) is 0 Å². The topological polar surface area (TPSA) is 140 Å². The molecular formula is C36H50ClN3O7S. The highest BCUT2D eigenvalue weighted by Gasteiger charge is 2.45. The Kier molecular flexibility index (Phi) is 10.9. The Morgan fingerprint density at radius 2 is 1.79 bits per heavy atom. The molecule has 3 aliphatic heterocycles. The van der Waals surface area contributed by atoms with Crippen LogP contribution in [0.1, 0.15) is 80.3 Å². The number of halogens is 1. The Morgan fingerprint density at radius 1 is 1.00 bits per heavy atom. The number of carbonyl (C=O) groups is 1. The van der Waals surface area contributed by atoms with Gasteiger partial charge < -0.3 is 30.0 Å². The van der Waals surface area contributed by atoms with Gasteiger partial charge in [-0.25, -0.2) is 13.1 Å². The maximum Gasteiger partial charge on any atom is 0.264 e. The Hall–Kier alpha value is -2.41. The number of hydrogen-bond donors (Lipinski definition) is 3. The molecule has 264 valence electrons. The Morgan fingerprint density at radius 3 is 2.52 bits per heavy atom. The van der Waals surface area contributed by atoms with Crippen LogP contribution in [0.3, 0.4) is 0 Å². The van der Waals surface area contributed by atoms with E-state index in [4.69, 9.17) is 31.5 Å². The Bertz CT molecular complexity index is 1560. The molecule has 3 heterocycles. The number of nitrogens with zero attached hydrogens (tertiary/aromatic N) is 1. The monoisotopic (exact) mass is 703 g/mol. The van der Waals surface area contributed by atoms with Crippen LogP contribution in [0, 0.1) is 23.7 Å². The molecule has 0 spiro atoms. The smallest absolute Gasteiger partial charge is 0.264 e. The molecular weight excluding hydrogens is 654 g/mol. The van der Waals surface area contributed by atoms with Gasteiger partial charge in [0.2, 0.25) is 10.0 Å². The number of aliphatic hydroxyl groups excluding tert-OH is 1. The Labute approximate surface area is 289 Å². The van der Waals surface area contributed by atoms with Crippen molar-refractivity contribution in [2.45, 2.75) is 88.9 Å². The number of nitrogens with one attached hydrogen (secondary N) is 1. The number of hydrogen-bond acceptors (Lipinski definition) is 9. The molecule has 2 aromatic carbocycles. The molecule has 10 nitrogen and oxygen atoms in total. The van der Waals surface area contributed by atoms with E-state index in [-0.39, 0.29) is 37.2 Å². The van der Waals surface area contributed by atoms with Gasteiger partial charge in [-0.1, -0.05) is 31.0 Å². The molecule has 1 saturated heterocycles. The normalized spacial score (nSPS) is 33.1. The van der Waals surface area contributed by atoms with Crippen LogP contribution in [-0.2, 0) is 32.5 Å². The zero-order valence-electron chi connectivity index (χ0n) is 28.0. The number of rotatable bonds is 2. The summed E-state index contributed by atoms with van der Waals surface area (Å²) in [6, 6.07) is 11.1. The zero-order chi connectivity index (χ0) is 34.1. The van der Waals surface area contributed by atoms with Crippen molar-refractivity contribution >= 4 is 33.2 Å². The van der Waals surface area contributed by atoms with E-state index in [0.717, 1.165) is 69.3 Å². The average Bonchev–Trinajstić information content (AvgIpc) is 3.08. The van der Waals surface area contributed by atoms with Crippen molar-refractivity contribution in [2.24, 2.45) is 29.4 Å². The number of sulfonamides is 1. The van der Waals surface area contributed by atoms with Gasteiger partial charge in [0.05, 0.1) is 36.3 Å². The number of ether oxygens (including phenoxy) is 3. The first-order valence-electron chi connectivity index (χ1n) is 17.4. The Balaban J connectivity index is 1.35. The summed E-state index contributed by atoms with van der Waals surface area (Å²) in [5, 5.41) is 9.73. The summed E-state index contributed by atoms with van der Waals surface area (Å²) < 4.78 is 48.1. The van der Waals surface area contributed by atoms with Crippen molar-refractivity contribution in [2.75, 3.05) is 37.8 Å². The number of fused-ring (bicyclic) bond motifs is 3. The van der Waals surface area contributed by atoms with Gasteiger partial charge >= 0.3 is 0 Å². The third-order valence-corrected chi connectivity index (χ3v) is 13.3. The first kappa shape index (κ1) is 35.4. The van der Waals surface area contributed by atoms with Crippen molar-refractivity contribution < 1.29 is 32.5 Å². The lowest BCUT2D eigenvalue weighted by Gasteiger charge is -2.48. The third kappa shape index (κ3) is 7.81. The standard InChI is InChI=1S/C36H50ClN3O7S/c1-23-6-5-8-31(35-46-21-36(38,20-41)22-47-35)30-13-10-27(30)18-40-15-4-3-7-25-16-29(37)12-9-28(25)19-45-33-14-11-26(17-32(33)40)34(42)39-48(43,44)24(23)2/h9,11-12,14,16-17,23-24,27,30-31,35,41H,3-8,10,13,15,18-22,38H2,1-2H3,(H,39,42)/t23-,24+,27-,30+,31-,35-,36+/m0/s1. The first-order chi connectivity index (χ1) is 23.0. The number of amides is 1. The van der Waals surface area contributed by atoms with Crippen LogP contribution in [0.4, 0.5) is 5.69 Å². The van der Waals surface area contributed by atoms with Crippen molar-refractivity contribution in [3.05, 3.63) is 58.1 Å². The number of aliphatic hydroxyl groups is 1. The molecule has 4 N–H and O–H groups in total. The molecule has 6 rings (SSSR count). The number of nitrogens with two attached hydrogens (primary N) is 1. The third-order valence-electron chi connectivity index (χ3n) is 11.2. The van der Waals surface area contributed by atoms with Gasteiger partial charge in [0, 0.05) is 29.6 Å². The molecule has 0 radical (unpaired) electrons. The summed E-state index contributed by atoms with van der Waals surface area (Å²) in [4.78, 5) is 15.8. The molecule has 0 aromatic heterocycles. The largest absolute Gasteiger partial charge is 0.487 e. The van der Waals surface area contributed by atoms with E-state index >= 15 is 0 Å². The van der Waals surface area contributed by atoms with Gasteiger partial charge in [0.1, 0.15) is 12.4 Å². The predicted octanol–water partition coefficient (Wildman–Crippen LogP) is 5.03. The molecule has 48 heavy (non-hydrogen) atoms. The van der Waals surface area contributed by atoms with Crippen LogP contribution in [-0.4, -0.2) is 69.4 Å². The van der Waals surface area contributed by atoms with Crippen molar-refractivity contribution in [3.8, 4) is 5.75 Å². The van der Waals surface area contributed by atoms with Gasteiger partial charge in [-0.3, -0.25) is 4.79 Å². The minimum absolute atomic E-state index is 0.101. The summed E-state index contributed by atoms with van der Waals surface area (Å²) in [6.45, 7) is 5.69. The molecule has 4 aliphatic rings. The molecule has 1 amide bonds. The first-order valence-corrected chi connectivity index (χ1v) is 19.4. The van der Waals surface area contributed by atoms with Crippen molar-refractivity contribution in [1.29, 1.82) is 0 Å². The van der Waals surface area contributed by atoms with Crippen LogP contribution in [0.15, 0.2) is 36.4 Å². The zero-order valence-corrected chi connectivity index (χ0v) is 29.6. The van der Waals surface area contributed by atoms with Crippen LogP contribution in [0.25, 0.3) is 0 Å². The van der Waals surface area contributed by atoms with E-state index in [1.807, 2.05) is 25.1 Å². The molecule has 5 atom stereocenters. The fourth-order valence-corrected chi connectivity index (χ4v) is 9.23. The maximum atomic E-state index is 13.5. The predicted molar refractivity (Wildman–Crippen MR) is 186 cm³/mol. The minimum Gasteiger partial charge on any atom is -0.487 e. The summed E-state index contributed by atoms with van der Waals surface area (Å²) in [5.41, 5.74) is 8.66. The van der Waals surface area contributed by atoms with E-state index in [0.29, 0.717) is 35.6 Å². The second-order valence-corrected chi connectivity index (χ2v) is 17.0. The highest BCUT2D eigenvalue weighted by Crippen LogP contribution is 2.46. The summed E-state index contributed by atoms with van der Waals surface area (Å²) in [5.74, 6) is 0.637. The fourth-order valence-electron chi connectivity index (χ4n) is 7.72. The summed E-state index contributed by atoms with van der Waals surface area (Å²) in [7, 11) is -3.94. The summed E-state index contributed by atoms with van der Waals surface area (Å²) in [6.07, 6.45) is 6.72. The average molecular weight is 704 g/mol. The van der Waals surface area contributed by atoms with Crippen LogP contribution < -0.4 is 20.1 Å². The lowest BCUT2D eigenvalue weighted by Crippen LogP contribution is -2.59. The molecule has 2 fully saturated rings. The van der Waals surface area contributed by atoms with E-state index in [1.54, 1.807) is 25.1 Å². The quantitative estimate of drug-likeness (QED) is 0.393.